The van der Waals surface area contributed by atoms with Gasteiger partial charge in [0, 0.05) is 5.92 Å². The first-order valence-electron chi connectivity index (χ1n) is 7.73. The number of benzene rings is 1. The summed E-state index contributed by atoms with van der Waals surface area (Å²) in [6.45, 7) is 1.98. The topological polar surface area (TPSA) is 40.9 Å². The minimum atomic E-state index is -0.583. The molecular formula is C18H23NO. The molecule has 0 saturated heterocycles. The zero-order valence-electron chi connectivity index (χ0n) is 12.3. The summed E-state index contributed by atoms with van der Waals surface area (Å²) in [5.41, 5.74) is 1.93. The molecule has 0 spiro atoms. The van der Waals surface area contributed by atoms with Crippen molar-refractivity contribution in [3.63, 3.8) is 0 Å². The minimum absolute atomic E-state index is 0.0829. The van der Waals surface area contributed by atoms with E-state index in [4.69, 9.17) is 0 Å². The molecule has 0 N–H and O–H groups in total. The van der Waals surface area contributed by atoms with Crippen molar-refractivity contribution >= 4 is 5.78 Å². The first-order chi connectivity index (χ1) is 9.74. The molecule has 0 radical (unpaired) electrons. The normalized spacial score (nSPS) is 18.6. The predicted octanol–water partition coefficient (Wildman–Crippen LogP) is 4.53. The Bertz CT molecular complexity index is 492. The molecule has 20 heavy (non-hydrogen) atoms. The summed E-state index contributed by atoms with van der Waals surface area (Å²) in [5.74, 6) is -0.358. The van der Waals surface area contributed by atoms with Crippen molar-refractivity contribution < 1.29 is 4.79 Å². The van der Waals surface area contributed by atoms with Gasteiger partial charge in [-0.15, -0.1) is 0 Å². The van der Waals surface area contributed by atoms with Crippen LogP contribution >= 0.6 is 0 Å². The van der Waals surface area contributed by atoms with Gasteiger partial charge < -0.3 is 0 Å². The number of rotatable bonds is 3. The second-order valence-corrected chi connectivity index (χ2v) is 5.86. The van der Waals surface area contributed by atoms with Gasteiger partial charge in [-0.2, -0.15) is 5.26 Å². The molecule has 1 unspecified atom stereocenters. The molecule has 0 amide bonds. The number of hydrogen-bond donors (Lipinski definition) is 0. The van der Waals surface area contributed by atoms with E-state index in [1.807, 2.05) is 31.2 Å². The van der Waals surface area contributed by atoms with Crippen LogP contribution in [0.3, 0.4) is 0 Å². The average molecular weight is 269 g/mol. The molecule has 0 heterocycles. The van der Waals surface area contributed by atoms with Crippen LogP contribution in [0.15, 0.2) is 24.3 Å². The molecule has 0 aromatic heterocycles. The predicted molar refractivity (Wildman–Crippen MR) is 80.3 cm³/mol. The Morgan fingerprint density at radius 3 is 2.35 bits per heavy atom. The van der Waals surface area contributed by atoms with Crippen molar-refractivity contribution in [1.29, 1.82) is 5.26 Å². The number of Topliss-reactive ketones (excluding diaryl/α,β-unsaturated/α-hetero) is 1. The van der Waals surface area contributed by atoms with Crippen LogP contribution in [0.25, 0.3) is 0 Å². The van der Waals surface area contributed by atoms with E-state index in [0.29, 0.717) is 0 Å². The lowest BCUT2D eigenvalue weighted by Gasteiger charge is -2.21. The number of nitriles is 1. The van der Waals surface area contributed by atoms with Gasteiger partial charge in [0.15, 0.2) is 5.78 Å². The third-order valence-electron chi connectivity index (χ3n) is 4.42. The number of carbonyl (C=O) groups is 1. The van der Waals surface area contributed by atoms with Crippen molar-refractivity contribution in [1.82, 2.24) is 0 Å². The molecule has 106 valence electrons. The Hall–Kier alpha value is -1.62. The second-order valence-electron chi connectivity index (χ2n) is 5.86. The maximum absolute atomic E-state index is 12.7. The third kappa shape index (κ3) is 3.48. The molecule has 2 nitrogen and oxygen atoms in total. The van der Waals surface area contributed by atoms with Crippen LogP contribution in [0, 0.1) is 24.2 Å². The quantitative estimate of drug-likeness (QED) is 0.808. The Morgan fingerprint density at radius 2 is 1.75 bits per heavy atom. The monoisotopic (exact) mass is 269 g/mol. The first-order valence-corrected chi connectivity index (χ1v) is 7.73. The van der Waals surface area contributed by atoms with Crippen LogP contribution in [-0.2, 0) is 4.79 Å². The van der Waals surface area contributed by atoms with Crippen molar-refractivity contribution in [2.75, 3.05) is 0 Å². The zero-order chi connectivity index (χ0) is 14.4. The second kappa shape index (κ2) is 7.24. The average Bonchev–Trinajstić information content (AvgIpc) is 2.41. The largest absolute Gasteiger partial charge is 0.298 e. The Morgan fingerprint density at radius 1 is 1.15 bits per heavy atom. The number of aryl methyl sites for hydroxylation is 1. The highest BCUT2D eigenvalue weighted by Gasteiger charge is 2.28. The van der Waals surface area contributed by atoms with Crippen LogP contribution in [0.4, 0.5) is 0 Å². The molecule has 1 saturated carbocycles. The summed E-state index contributed by atoms with van der Waals surface area (Å²) in [6.07, 6.45) is 7.92. The van der Waals surface area contributed by atoms with E-state index in [9.17, 15) is 10.1 Å². The van der Waals surface area contributed by atoms with Crippen LogP contribution in [0.2, 0.25) is 0 Å². The van der Waals surface area contributed by atoms with Gasteiger partial charge in [-0.1, -0.05) is 56.4 Å². The van der Waals surface area contributed by atoms with E-state index in [2.05, 4.69) is 6.07 Å². The molecule has 1 aromatic carbocycles. The minimum Gasteiger partial charge on any atom is -0.298 e. The fraction of sp³-hybridized carbons (Fsp3) is 0.556. The Labute approximate surface area is 121 Å². The summed E-state index contributed by atoms with van der Waals surface area (Å²) in [6, 6.07) is 10.0. The van der Waals surface area contributed by atoms with E-state index >= 15 is 0 Å². The van der Waals surface area contributed by atoms with Gasteiger partial charge in [0.25, 0.3) is 0 Å². The fourth-order valence-electron chi connectivity index (χ4n) is 3.17. The lowest BCUT2D eigenvalue weighted by Crippen LogP contribution is -2.23. The molecule has 0 bridgehead atoms. The van der Waals surface area contributed by atoms with Crippen molar-refractivity contribution in [3.8, 4) is 6.07 Å². The number of carbonyl (C=O) groups excluding carboxylic acids is 1. The van der Waals surface area contributed by atoms with Gasteiger partial charge in [0.1, 0.15) is 5.92 Å². The van der Waals surface area contributed by atoms with Gasteiger partial charge >= 0.3 is 0 Å². The van der Waals surface area contributed by atoms with E-state index in [0.717, 1.165) is 36.8 Å². The molecule has 1 fully saturated rings. The molecule has 1 aliphatic rings. The van der Waals surface area contributed by atoms with Gasteiger partial charge in [0.2, 0.25) is 0 Å². The smallest absolute Gasteiger partial charge is 0.157 e. The molecule has 1 aliphatic carbocycles. The van der Waals surface area contributed by atoms with Gasteiger partial charge in [-0.3, -0.25) is 4.79 Å². The summed E-state index contributed by atoms with van der Waals surface area (Å²) in [7, 11) is 0. The van der Waals surface area contributed by atoms with E-state index in [1.165, 1.54) is 19.3 Å². The summed E-state index contributed by atoms with van der Waals surface area (Å²) < 4.78 is 0. The Balaban J connectivity index is 2.16. The molecule has 1 aromatic rings. The molecular weight excluding hydrogens is 246 g/mol. The SMILES string of the molecule is Cc1ccccc1C(C#N)C(=O)C1CCCCCCC1. The summed E-state index contributed by atoms with van der Waals surface area (Å²) in [5, 5.41) is 9.46. The zero-order valence-corrected chi connectivity index (χ0v) is 12.3. The van der Waals surface area contributed by atoms with E-state index in [1.54, 1.807) is 0 Å². The van der Waals surface area contributed by atoms with Crippen LogP contribution in [0.1, 0.15) is 62.0 Å². The standard InChI is InChI=1S/C18H23NO/c1-14-9-7-8-12-16(14)17(13-19)18(20)15-10-5-3-2-4-6-11-15/h7-9,12,15,17H,2-6,10-11H2,1H3. The van der Waals surface area contributed by atoms with Gasteiger partial charge in [0.05, 0.1) is 6.07 Å². The van der Waals surface area contributed by atoms with Crippen molar-refractivity contribution in [2.45, 2.75) is 57.8 Å². The third-order valence-corrected chi connectivity index (χ3v) is 4.42. The highest BCUT2D eigenvalue weighted by Crippen LogP contribution is 2.30. The molecule has 1 atom stereocenters. The van der Waals surface area contributed by atoms with Crippen LogP contribution in [0.5, 0.6) is 0 Å². The molecule has 2 heteroatoms. The van der Waals surface area contributed by atoms with Gasteiger partial charge in [-0.25, -0.2) is 0 Å². The van der Waals surface area contributed by atoms with Crippen molar-refractivity contribution in [3.05, 3.63) is 35.4 Å². The first kappa shape index (κ1) is 14.8. The number of nitrogens with zero attached hydrogens (tertiary/aromatic N) is 1. The van der Waals surface area contributed by atoms with Crippen LogP contribution < -0.4 is 0 Å². The van der Waals surface area contributed by atoms with Crippen LogP contribution in [-0.4, -0.2) is 5.78 Å². The fourth-order valence-corrected chi connectivity index (χ4v) is 3.17. The van der Waals surface area contributed by atoms with Gasteiger partial charge in [-0.05, 0) is 30.9 Å². The van der Waals surface area contributed by atoms with Crippen molar-refractivity contribution in [2.24, 2.45) is 5.92 Å². The Kier molecular flexibility index (Phi) is 5.35. The molecule has 2 rings (SSSR count). The lowest BCUT2D eigenvalue weighted by molar-refractivity contribution is -0.123. The maximum Gasteiger partial charge on any atom is 0.157 e. The number of hydrogen-bond acceptors (Lipinski definition) is 2. The number of ketones is 1. The highest BCUT2D eigenvalue weighted by atomic mass is 16.1. The van der Waals surface area contributed by atoms with E-state index in [-0.39, 0.29) is 11.7 Å². The molecule has 0 aliphatic heterocycles. The lowest BCUT2D eigenvalue weighted by atomic mass is 9.80. The maximum atomic E-state index is 12.7. The summed E-state index contributed by atoms with van der Waals surface area (Å²) in [4.78, 5) is 12.7. The summed E-state index contributed by atoms with van der Waals surface area (Å²) >= 11 is 0. The van der Waals surface area contributed by atoms with E-state index < -0.39 is 5.92 Å². The highest BCUT2D eigenvalue weighted by molar-refractivity contribution is 5.90.